The lowest BCUT2D eigenvalue weighted by molar-refractivity contribution is -0.116. The Morgan fingerprint density at radius 3 is 2.18 bits per heavy atom. The molecule has 1 aromatic heterocycles. The van der Waals surface area contributed by atoms with Gasteiger partial charge in [0.15, 0.2) is 0 Å². The highest BCUT2D eigenvalue weighted by Gasteiger charge is 2.36. The summed E-state index contributed by atoms with van der Waals surface area (Å²) in [6, 6.07) is 6.46. The number of carbonyl (C=O) groups is 3. The maximum absolute atomic E-state index is 12.1. The number of halogens is 1. The number of hydrogen-bond donors (Lipinski definition) is 1. The van der Waals surface area contributed by atoms with Crippen molar-refractivity contribution in [1.29, 1.82) is 0 Å². The molecule has 1 aliphatic rings. The van der Waals surface area contributed by atoms with E-state index in [-0.39, 0.29) is 12.5 Å². The SMILES string of the molecule is O=C(CN1C(=O)c2ccccc2C1=O)Nc1ncc(Br)cn1. The van der Waals surface area contributed by atoms with E-state index in [0.717, 1.165) is 4.90 Å². The minimum Gasteiger partial charge on any atom is -0.293 e. The van der Waals surface area contributed by atoms with Crippen LogP contribution in [-0.4, -0.2) is 39.1 Å². The predicted molar refractivity (Wildman–Crippen MR) is 80.2 cm³/mol. The molecule has 0 fully saturated rings. The normalized spacial score (nSPS) is 13.2. The van der Waals surface area contributed by atoms with Crippen LogP contribution in [0.4, 0.5) is 5.95 Å². The van der Waals surface area contributed by atoms with Crippen molar-refractivity contribution in [2.75, 3.05) is 11.9 Å². The van der Waals surface area contributed by atoms with Crippen LogP contribution < -0.4 is 5.32 Å². The Balaban J connectivity index is 1.71. The van der Waals surface area contributed by atoms with Crippen molar-refractivity contribution < 1.29 is 14.4 Å². The van der Waals surface area contributed by atoms with Crippen LogP contribution in [0.5, 0.6) is 0 Å². The molecule has 2 aromatic rings. The van der Waals surface area contributed by atoms with E-state index >= 15 is 0 Å². The first-order chi connectivity index (χ1) is 10.6. The lowest BCUT2D eigenvalue weighted by Gasteiger charge is -2.12. The van der Waals surface area contributed by atoms with Gasteiger partial charge >= 0.3 is 0 Å². The number of anilines is 1. The zero-order valence-electron chi connectivity index (χ0n) is 11.1. The van der Waals surface area contributed by atoms with E-state index in [2.05, 4.69) is 31.2 Å². The molecule has 0 saturated carbocycles. The summed E-state index contributed by atoms with van der Waals surface area (Å²) in [5, 5.41) is 2.44. The molecule has 0 unspecified atom stereocenters. The van der Waals surface area contributed by atoms with Crippen LogP contribution in [0.25, 0.3) is 0 Å². The molecule has 2 heterocycles. The molecule has 8 heteroatoms. The molecular formula is C14H9BrN4O3. The number of nitrogens with one attached hydrogen (secondary N) is 1. The van der Waals surface area contributed by atoms with Crippen molar-refractivity contribution >= 4 is 39.6 Å². The summed E-state index contributed by atoms with van der Waals surface area (Å²) in [7, 11) is 0. The second kappa shape index (κ2) is 5.64. The van der Waals surface area contributed by atoms with E-state index in [4.69, 9.17) is 0 Å². The first kappa shape index (κ1) is 14.3. The monoisotopic (exact) mass is 360 g/mol. The summed E-state index contributed by atoms with van der Waals surface area (Å²) < 4.78 is 0.672. The minimum atomic E-state index is -0.545. The van der Waals surface area contributed by atoms with E-state index in [1.807, 2.05) is 0 Å². The van der Waals surface area contributed by atoms with Crippen molar-refractivity contribution in [2.45, 2.75) is 0 Å². The van der Waals surface area contributed by atoms with Crippen LogP contribution in [0.1, 0.15) is 20.7 Å². The molecule has 22 heavy (non-hydrogen) atoms. The Kier molecular flexibility index (Phi) is 3.68. The summed E-state index contributed by atoms with van der Waals surface area (Å²) in [5.74, 6) is -1.40. The fraction of sp³-hybridized carbons (Fsp3) is 0.0714. The van der Waals surface area contributed by atoms with Crippen LogP contribution in [-0.2, 0) is 4.79 Å². The first-order valence-electron chi connectivity index (χ1n) is 6.29. The maximum atomic E-state index is 12.1. The van der Waals surface area contributed by atoms with Gasteiger partial charge in [0.05, 0.1) is 15.6 Å². The van der Waals surface area contributed by atoms with Crippen LogP contribution in [0.2, 0.25) is 0 Å². The molecule has 0 atom stereocenters. The summed E-state index contributed by atoms with van der Waals surface area (Å²) in [4.78, 5) is 44.9. The van der Waals surface area contributed by atoms with Crippen molar-refractivity contribution in [3.63, 3.8) is 0 Å². The van der Waals surface area contributed by atoms with Gasteiger partial charge in [0.2, 0.25) is 11.9 Å². The summed E-state index contributed by atoms with van der Waals surface area (Å²) in [5.41, 5.74) is 0.611. The van der Waals surface area contributed by atoms with Gasteiger partial charge in [0, 0.05) is 12.4 Å². The smallest absolute Gasteiger partial charge is 0.262 e. The summed E-state index contributed by atoms with van der Waals surface area (Å²) in [6.45, 7) is -0.383. The molecule has 3 amide bonds. The average molecular weight is 361 g/mol. The predicted octanol–water partition coefficient (Wildman–Crippen LogP) is 1.47. The zero-order chi connectivity index (χ0) is 15.7. The maximum Gasteiger partial charge on any atom is 0.262 e. The molecule has 0 spiro atoms. The number of aromatic nitrogens is 2. The third-order valence-electron chi connectivity index (χ3n) is 3.05. The van der Waals surface area contributed by atoms with Gasteiger partial charge in [-0.15, -0.1) is 0 Å². The van der Waals surface area contributed by atoms with Crippen LogP contribution in [0, 0.1) is 0 Å². The Bertz CT molecular complexity index is 741. The second-order valence-electron chi connectivity index (χ2n) is 4.52. The summed E-state index contributed by atoms with van der Waals surface area (Å²) >= 11 is 3.18. The Hall–Kier alpha value is -2.61. The summed E-state index contributed by atoms with van der Waals surface area (Å²) in [6.07, 6.45) is 2.95. The number of carbonyl (C=O) groups excluding carboxylic acids is 3. The average Bonchev–Trinajstić information content (AvgIpc) is 2.75. The van der Waals surface area contributed by atoms with E-state index in [9.17, 15) is 14.4 Å². The first-order valence-corrected chi connectivity index (χ1v) is 7.08. The van der Waals surface area contributed by atoms with Gasteiger partial charge in [-0.25, -0.2) is 9.97 Å². The molecule has 7 nitrogen and oxygen atoms in total. The topological polar surface area (TPSA) is 92.3 Å². The lowest BCUT2D eigenvalue weighted by atomic mass is 10.1. The molecular weight excluding hydrogens is 352 g/mol. The van der Waals surface area contributed by atoms with Gasteiger partial charge in [-0.3, -0.25) is 24.6 Å². The Morgan fingerprint density at radius 2 is 1.64 bits per heavy atom. The number of imide groups is 1. The third-order valence-corrected chi connectivity index (χ3v) is 3.46. The van der Waals surface area contributed by atoms with Gasteiger partial charge in [-0.1, -0.05) is 12.1 Å². The van der Waals surface area contributed by atoms with Gasteiger partial charge in [-0.2, -0.15) is 0 Å². The molecule has 0 saturated heterocycles. The largest absolute Gasteiger partial charge is 0.293 e. The number of benzene rings is 1. The minimum absolute atomic E-state index is 0.102. The van der Waals surface area contributed by atoms with Crippen LogP contribution >= 0.6 is 15.9 Å². The fourth-order valence-electron chi connectivity index (χ4n) is 2.07. The quantitative estimate of drug-likeness (QED) is 0.836. The second-order valence-corrected chi connectivity index (χ2v) is 5.43. The van der Waals surface area contributed by atoms with E-state index in [0.29, 0.717) is 15.6 Å². The Morgan fingerprint density at radius 1 is 1.09 bits per heavy atom. The van der Waals surface area contributed by atoms with Crippen molar-refractivity contribution in [3.05, 3.63) is 52.3 Å². The molecule has 0 aliphatic carbocycles. The van der Waals surface area contributed by atoms with Crippen LogP contribution in [0.15, 0.2) is 41.1 Å². The van der Waals surface area contributed by atoms with Crippen molar-refractivity contribution in [3.8, 4) is 0 Å². The standard InChI is InChI=1S/C14H9BrN4O3/c15-8-5-16-14(17-6-8)18-11(20)7-19-12(21)9-3-1-2-4-10(9)13(19)22/h1-6H,7H2,(H,16,17,18,20). The fourth-order valence-corrected chi connectivity index (χ4v) is 2.27. The lowest BCUT2D eigenvalue weighted by Crippen LogP contribution is -2.37. The number of hydrogen-bond acceptors (Lipinski definition) is 5. The van der Waals surface area contributed by atoms with Gasteiger partial charge in [0.1, 0.15) is 6.54 Å². The van der Waals surface area contributed by atoms with Gasteiger partial charge < -0.3 is 0 Å². The number of rotatable bonds is 3. The van der Waals surface area contributed by atoms with Crippen LogP contribution in [0.3, 0.4) is 0 Å². The molecule has 110 valence electrons. The highest BCUT2D eigenvalue weighted by molar-refractivity contribution is 9.10. The molecule has 1 N–H and O–H groups in total. The molecule has 0 bridgehead atoms. The number of fused-ring (bicyclic) bond motifs is 1. The number of amides is 3. The highest BCUT2D eigenvalue weighted by atomic mass is 79.9. The van der Waals surface area contributed by atoms with Crippen molar-refractivity contribution in [2.24, 2.45) is 0 Å². The zero-order valence-corrected chi connectivity index (χ0v) is 12.7. The Labute approximate surface area is 133 Å². The highest BCUT2D eigenvalue weighted by Crippen LogP contribution is 2.22. The van der Waals surface area contributed by atoms with Gasteiger partial charge in [-0.05, 0) is 28.1 Å². The molecule has 3 rings (SSSR count). The van der Waals surface area contributed by atoms with E-state index in [1.165, 1.54) is 12.4 Å². The number of nitrogens with zero attached hydrogens (tertiary/aromatic N) is 3. The van der Waals surface area contributed by atoms with E-state index < -0.39 is 17.7 Å². The van der Waals surface area contributed by atoms with Crippen molar-refractivity contribution in [1.82, 2.24) is 14.9 Å². The molecule has 1 aliphatic heterocycles. The molecule has 0 radical (unpaired) electrons. The molecule has 1 aromatic carbocycles. The van der Waals surface area contributed by atoms with Gasteiger partial charge in [0.25, 0.3) is 11.8 Å². The van der Waals surface area contributed by atoms with E-state index in [1.54, 1.807) is 24.3 Å². The third kappa shape index (κ3) is 2.60.